The summed E-state index contributed by atoms with van der Waals surface area (Å²) in [4.78, 5) is 34.3. The second-order valence-electron chi connectivity index (χ2n) is 4.58. The van der Waals surface area contributed by atoms with Gasteiger partial charge < -0.3 is 11.5 Å². The van der Waals surface area contributed by atoms with E-state index in [9.17, 15) is 14.4 Å². The van der Waals surface area contributed by atoms with Crippen molar-refractivity contribution in [3.8, 4) is 0 Å². The summed E-state index contributed by atoms with van der Waals surface area (Å²) in [6, 6.07) is 0. The maximum absolute atomic E-state index is 11.9. The zero-order valence-electron chi connectivity index (χ0n) is 10.4. The molecule has 1 fully saturated rings. The number of carbonyl (C=O) groups is 3. The van der Waals surface area contributed by atoms with Crippen molar-refractivity contribution in [3.05, 3.63) is 23.8 Å². The summed E-state index contributed by atoms with van der Waals surface area (Å²) in [6.45, 7) is 0.393. The predicted molar refractivity (Wildman–Crippen MR) is 67.0 cm³/mol. The number of nitrogens with zero attached hydrogens (tertiary/aromatic N) is 1. The highest BCUT2D eigenvalue weighted by atomic mass is 16.2. The molecular formula is C12H16N4O3. The molecule has 0 aromatic carbocycles. The van der Waals surface area contributed by atoms with Gasteiger partial charge in [-0.1, -0.05) is 12.2 Å². The van der Waals surface area contributed by atoms with Gasteiger partial charge in [-0.2, -0.15) is 0 Å². The van der Waals surface area contributed by atoms with Crippen LogP contribution in [0.4, 0.5) is 0 Å². The van der Waals surface area contributed by atoms with E-state index in [2.05, 4.69) is 5.43 Å². The van der Waals surface area contributed by atoms with Gasteiger partial charge in [0.05, 0.1) is 0 Å². The molecular weight excluding hydrogens is 248 g/mol. The molecule has 5 N–H and O–H groups in total. The third kappa shape index (κ3) is 2.24. The van der Waals surface area contributed by atoms with E-state index in [1.54, 1.807) is 12.2 Å². The Hall–Kier alpha value is -2.15. The van der Waals surface area contributed by atoms with Crippen LogP contribution in [0.25, 0.3) is 0 Å². The Morgan fingerprint density at radius 2 is 2.16 bits per heavy atom. The number of hydrazine groups is 1. The quantitative estimate of drug-likeness (QED) is 0.585. The summed E-state index contributed by atoms with van der Waals surface area (Å²) in [7, 11) is 0. The minimum Gasteiger partial charge on any atom is -0.370 e. The fourth-order valence-corrected chi connectivity index (χ4v) is 2.13. The van der Waals surface area contributed by atoms with Crippen molar-refractivity contribution in [3.63, 3.8) is 0 Å². The van der Waals surface area contributed by atoms with Crippen LogP contribution in [-0.2, 0) is 14.4 Å². The molecule has 102 valence electrons. The summed E-state index contributed by atoms with van der Waals surface area (Å²) < 4.78 is 0. The van der Waals surface area contributed by atoms with E-state index in [0.29, 0.717) is 13.0 Å². The second-order valence-corrected chi connectivity index (χ2v) is 4.58. The first kappa shape index (κ1) is 13.3. The molecule has 1 spiro atoms. The number of carbonyl (C=O) groups excluding carboxylic acids is 3. The zero-order valence-corrected chi connectivity index (χ0v) is 10.4. The molecule has 1 heterocycles. The Kier molecular flexibility index (Phi) is 3.39. The average molecular weight is 264 g/mol. The Balaban J connectivity index is 2.07. The van der Waals surface area contributed by atoms with Gasteiger partial charge in [-0.3, -0.25) is 19.8 Å². The first-order chi connectivity index (χ1) is 8.99. The van der Waals surface area contributed by atoms with Crippen LogP contribution in [-0.4, -0.2) is 34.8 Å². The van der Waals surface area contributed by atoms with E-state index >= 15 is 0 Å². The Labute approximate surface area is 110 Å². The van der Waals surface area contributed by atoms with Crippen LogP contribution in [0.5, 0.6) is 0 Å². The lowest BCUT2D eigenvalue weighted by atomic mass is 9.83. The monoisotopic (exact) mass is 264 g/mol. The maximum atomic E-state index is 11.9. The normalized spacial score (nSPS) is 24.8. The van der Waals surface area contributed by atoms with Crippen molar-refractivity contribution in [1.82, 2.24) is 10.4 Å². The third-order valence-corrected chi connectivity index (χ3v) is 3.32. The van der Waals surface area contributed by atoms with Crippen LogP contribution in [0.1, 0.15) is 19.3 Å². The molecule has 0 saturated carbocycles. The lowest BCUT2D eigenvalue weighted by molar-refractivity contribution is -0.171. The van der Waals surface area contributed by atoms with Gasteiger partial charge in [-0.25, -0.2) is 5.01 Å². The van der Waals surface area contributed by atoms with Crippen LogP contribution in [0.15, 0.2) is 23.8 Å². The van der Waals surface area contributed by atoms with Gasteiger partial charge in [0, 0.05) is 25.8 Å². The van der Waals surface area contributed by atoms with E-state index in [1.165, 1.54) is 5.01 Å². The topological polar surface area (TPSA) is 119 Å². The SMILES string of the molecule is NCC1=CC[C@]2(C=C1)C(=O)NN2C(=O)CCC(N)=O. The van der Waals surface area contributed by atoms with E-state index in [-0.39, 0.29) is 24.7 Å². The predicted octanol–water partition coefficient (Wildman–Crippen LogP) is -1.29. The van der Waals surface area contributed by atoms with Gasteiger partial charge in [-0.05, 0) is 11.6 Å². The van der Waals surface area contributed by atoms with Crippen molar-refractivity contribution in [2.45, 2.75) is 24.8 Å². The first-order valence-electron chi connectivity index (χ1n) is 6.00. The summed E-state index contributed by atoms with van der Waals surface area (Å²) in [6.07, 6.45) is 5.61. The van der Waals surface area contributed by atoms with Crippen molar-refractivity contribution < 1.29 is 14.4 Å². The molecule has 7 nitrogen and oxygen atoms in total. The van der Waals surface area contributed by atoms with Crippen molar-refractivity contribution in [2.24, 2.45) is 11.5 Å². The number of hydrogen-bond donors (Lipinski definition) is 3. The maximum Gasteiger partial charge on any atom is 0.270 e. The number of amides is 3. The molecule has 0 aromatic heterocycles. The molecule has 7 heteroatoms. The second kappa shape index (κ2) is 4.85. The fourth-order valence-electron chi connectivity index (χ4n) is 2.13. The number of hydrogen-bond acceptors (Lipinski definition) is 4. The average Bonchev–Trinajstić information content (AvgIpc) is 2.42. The van der Waals surface area contributed by atoms with Crippen LogP contribution in [0, 0.1) is 0 Å². The van der Waals surface area contributed by atoms with Crippen LogP contribution in [0.3, 0.4) is 0 Å². The molecule has 2 aliphatic rings. The number of nitrogens with one attached hydrogen (secondary N) is 1. The standard InChI is InChI=1S/C12H16N4O3/c13-7-8-3-5-12(6-4-8)11(19)15-16(12)10(18)2-1-9(14)17/h3-5H,1-2,6-7,13H2,(H2,14,17)(H,15,19)/t12-/m1/s1. The van der Waals surface area contributed by atoms with E-state index in [4.69, 9.17) is 11.5 Å². The van der Waals surface area contributed by atoms with Gasteiger partial charge in [-0.15, -0.1) is 0 Å². The lowest BCUT2D eigenvalue weighted by Gasteiger charge is -2.49. The fraction of sp³-hybridized carbons (Fsp3) is 0.417. The van der Waals surface area contributed by atoms with E-state index < -0.39 is 11.4 Å². The molecule has 1 aliphatic heterocycles. The first-order valence-corrected chi connectivity index (χ1v) is 6.00. The number of rotatable bonds is 4. The Morgan fingerprint density at radius 1 is 1.42 bits per heavy atom. The highest BCUT2D eigenvalue weighted by molar-refractivity contribution is 6.01. The summed E-state index contributed by atoms with van der Waals surface area (Å²) in [5.74, 6) is -1.10. The number of nitrogens with two attached hydrogens (primary N) is 2. The van der Waals surface area contributed by atoms with Crippen LogP contribution in [0.2, 0.25) is 0 Å². The van der Waals surface area contributed by atoms with Gasteiger partial charge in [0.25, 0.3) is 5.91 Å². The highest BCUT2D eigenvalue weighted by Gasteiger charge is 2.54. The van der Waals surface area contributed by atoms with Crippen LogP contribution >= 0.6 is 0 Å². The zero-order chi connectivity index (χ0) is 14.0. The largest absolute Gasteiger partial charge is 0.370 e. The molecule has 1 atom stereocenters. The van der Waals surface area contributed by atoms with Crippen molar-refractivity contribution in [2.75, 3.05) is 6.54 Å². The van der Waals surface area contributed by atoms with E-state index in [1.807, 2.05) is 6.08 Å². The number of primary amides is 1. The van der Waals surface area contributed by atoms with Crippen molar-refractivity contribution >= 4 is 17.7 Å². The van der Waals surface area contributed by atoms with Gasteiger partial charge >= 0.3 is 0 Å². The summed E-state index contributed by atoms with van der Waals surface area (Å²) >= 11 is 0. The molecule has 2 rings (SSSR count). The lowest BCUT2D eigenvalue weighted by Crippen LogP contribution is -2.76. The third-order valence-electron chi connectivity index (χ3n) is 3.32. The van der Waals surface area contributed by atoms with Gasteiger partial charge in [0.15, 0.2) is 5.54 Å². The molecule has 1 saturated heterocycles. The van der Waals surface area contributed by atoms with Crippen LogP contribution < -0.4 is 16.9 Å². The molecule has 0 unspecified atom stereocenters. The molecule has 0 bridgehead atoms. The van der Waals surface area contributed by atoms with Crippen molar-refractivity contribution in [1.29, 1.82) is 0 Å². The summed E-state index contributed by atoms with van der Waals surface area (Å²) in [5.41, 5.74) is 12.9. The molecule has 0 radical (unpaired) electrons. The molecule has 1 aliphatic carbocycles. The minimum absolute atomic E-state index is 0.0152. The molecule has 3 amide bonds. The van der Waals surface area contributed by atoms with Gasteiger partial charge in [0.2, 0.25) is 11.8 Å². The smallest absolute Gasteiger partial charge is 0.270 e. The molecule has 0 aromatic rings. The van der Waals surface area contributed by atoms with Gasteiger partial charge in [0.1, 0.15) is 0 Å². The summed E-state index contributed by atoms with van der Waals surface area (Å²) in [5, 5.41) is 1.26. The Morgan fingerprint density at radius 3 is 2.63 bits per heavy atom. The van der Waals surface area contributed by atoms with E-state index in [0.717, 1.165) is 5.57 Å². The molecule has 19 heavy (non-hydrogen) atoms. The highest BCUT2D eigenvalue weighted by Crippen LogP contribution is 2.33. The minimum atomic E-state index is -0.965. The Bertz CT molecular complexity index is 497.